The number of benzene rings is 2. The van der Waals surface area contributed by atoms with Crippen molar-refractivity contribution in [3.63, 3.8) is 0 Å². The minimum absolute atomic E-state index is 0.497. The maximum atomic E-state index is 9.19. The highest BCUT2D eigenvalue weighted by Crippen LogP contribution is 2.44. The predicted molar refractivity (Wildman–Crippen MR) is 122 cm³/mol. The molecule has 1 N–H and O–H groups in total. The average Bonchev–Trinajstić information content (AvgIpc) is 2.83. The third-order valence-electron chi connectivity index (χ3n) is 5.16. The second-order valence-electron chi connectivity index (χ2n) is 7.41. The molecule has 0 aliphatic carbocycles. The molecule has 0 radical (unpaired) electrons. The largest absolute Gasteiger partial charge is 0.304 e. The van der Waals surface area contributed by atoms with Gasteiger partial charge < -0.3 is 4.90 Å². The van der Waals surface area contributed by atoms with Gasteiger partial charge in [-0.25, -0.2) is 0 Å². The fourth-order valence-corrected chi connectivity index (χ4v) is 5.24. The summed E-state index contributed by atoms with van der Waals surface area (Å²) in [5.74, 6) is 0. The van der Waals surface area contributed by atoms with E-state index in [-0.39, 0.29) is 0 Å². The first-order valence-electron chi connectivity index (χ1n) is 9.53. The zero-order valence-electron chi connectivity index (χ0n) is 17.0. The molecule has 0 spiro atoms. The van der Waals surface area contributed by atoms with Gasteiger partial charge in [-0.1, -0.05) is 30.0 Å². The van der Waals surface area contributed by atoms with E-state index < -0.39 is 10.1 Å². The predicted octanol–water partition coefficient (Wildman–Crippen LogP) is 3.91. The van der Waals surface area contributed by atoms with Crippen LogP contribution in [0.1, 0.15) is 17.2 Å². The van der Waals surface area contributed by atoms with Crippen molar-refractivity contribution >= 4 is 33.6 Å². The number of likely N-dealkylation sites (N-methyl/N-ethyl adjacent to an activating group) is 1. The van der Waals surface area contributed by atoms with Crippen molar-refractivity contribution in [3.05, 3.63) is 53.6 Å². The standard InChI is InChI=1S/C20H24N2S2.CH4O3S/c1-21-9-11-22(12-10-21)18-13-15-5-3-4-6-19(15)24-20-8-7-16(23-2)14-17(18)20;1-5(2,3)4/h3-8,14,18H,9-13H2,1-2H3;1H3,(H,2,3,4)/t18-;/m1./s1. The van der Waals surface area contributed by atoms with E-state index in [4.69, 9.17) is 4.55 Å². The first kappa shape index (κ1) is 22.7. The van der Waals surface area contributed by atoms with E-state index in [1.807, 2.05) is 23.5 Å². The Balaban J connectivity index is 0.000000431. The van der Waals surface area contributed by atoms with E-state index in [1.165, 1.54) is 38.9 Å². The molecule has 5 nitrogen and oxygen atoms in total. The molecule has 2 aliphatic heterocycles. The molecule has 1 fully saturated rings. The molecule has 0 aromatic heterocycles. The molecule has 158 valence electrons. The molecule has 0 amide bonds. The lowest BCUT2D eigenvalue weighted by atomic mass is 9.96. The Morgan fingerprint density at radius 3 is 2.38 bits per heavy atom. The highest BCUT2D eigenvalue weighted by molar-refractivity contribution is 7.99. The first-order valence-corrected chi connectivity index (χ1v) is 13.4. The van der Waals surface area contributed by atoms with E-state index >= 15 is 0 Å². The minimum atomic E-state index is -3.67. The van der Waals surface area contributed by atoms with Gasteiger partial charge >= 0.3 is 0 Å². The second kappa shape index (κ2) is 9.85. The van der Waals surface area contributed by atoms with Crippen LogP contribution in [0.15, 0.2) is 57.2 Å². The van der Waals surface area contributed by atoms with Crippen LogP contribution in [0.25, 0.3) is 0 Å². The molecule has 0 bridgehead atoms. The maximum absolute atomic E-state index is 9.19. The van der Waals surface area contributed by atoms with Crippen molar-refractivity contribution in [2.75, 3.05) is 45.7 Å². The van der Waals surface area contributed by atoms with Crippen LogP contribution in [0, 0.1) is 0 Å². The number of nitrogens with zero attached hydrogens (tertiary/aromatic N) is 2. The smallest absolute Gasteiger partial charge is 0.261 e. The summed E-state index contributed by atoms with van der Waals surface area (Å²) in [6, 6.07) is 16.5. The molecule has 2 aliphatic rings. The monoisotopic (exact) mass is 452 g/mol. The second-order valence-corrected chi connectivity index (χ2v) is 10.8. The maximum Gasteiger partial charge on any atom is 0.261 e. The van der Waals surface area contributed by atoms with Crippen molar-refractivity contribution in [1.29, 1.82) is 0 Å². The molecular weight excluding hydrogens is 424 g/mol. The van der Waals surface area contributed by atoms with Gasteiger partial charge in [0, 0.05) is 46.9 Å². The minimum Gasteiger partial charge on any atom is -0.304 e. The fourth-order valence-electron chi connectivity index (χ4n) is 3.68. The van der Waals surface area contributed by atoms with Gasteiger partial charge in [-0.3, -0.25) is 9.45 Å². The molecule has 0 unspecified atom stereocenters. The Bertz CT molecular complexity index is 934. The molecule has 4 rings (SSSR count). The topological polar surface area (TPSA) is 60.9 Å². The number of rotatable bonds is 2. The van der Waals surface area contributed by atoms with Gasteiger partial charge in [0.25, 0.3) is 10.1 Å². The van der Waals surface area contributed by atoms with E-state index in [2.05, 4.69) is 65.6 Å². The van der Waals surface area contributed by atoms with Gasteiger partial charge in [-0.2, -0.15) is 8.42 Å². The van der Waals surface area contributed by atoms with E-state index in [1.54, 1.807) is 0 Å². The third-order valence-corrected chi connectivity index (χ3v) is 7.10. The lowest BCUT2D eigenvalue weighted by Crippen LogP contribution is -2.46. The molecule has 0 saturated carbocycles. The lowest BCUT2D eigenvalue weighted by molar-refractivity contribution is 0.109. The van der Waals surface area contributed by atoms with E-state index in [9.17, 15) is 8.42 Å². The van der Waals surface area contributed by atoms with Crippen LogP contribution in [0.3, 0.4) is 0 Å². The zero-order chi connectivity index (χ0) is 21.0. The van der Waals surface area contributed by atoms with Crippen LogP contribution in [0.4, 0.5) is 0 Å². The molecule has 2 heterocycles. The highest BCUT2D eigenvalue weighted by atomic mass is 32.2. The van der Waals surface area contributed by atoms with Crippen LogP contribution >= 0.6 is 23.5 Å². The summed E-state index contributed by atoms with van der Waals surface area (Å²) < 4.78 is 25.9. The van der Waals surface area contributed by atoms with Gasteiger partial charge in [-0.15, -0.1) is 11.8 Å². The van der Waals surface area contributed by atoms with Crippen LogP contribution in [0.2, 0.25) is 0 Å². The summed E-state index contributed by atoms with van der Waals surface area (Å²) in [7, 11) is -1.44. The summed E-state index contributed by atoms with van der Waals surface area (Å²) in [6.07, 6.45) is 4.01. The lowest BCUT2D eigenvalue weighted by Gasteiger charge is -2.38. The number of thioether (sulfide) groups is 1. The Labute approximate surface area is 182 Å². The van der Waals surface area contributed by atoms with E-state index in [0.29, 0.717) is 12.3 Å². The molecule has 2 aromatic carbocycles. The molecule has 1 saturated heterocycles. The molecular formula is C21H28N2O3S3. The third kappa shape index (κ3) is 6.47. The van der Waals surface area contributed by atoms with Gasteiger partial charge in [0.2, 0.25) is 0 Å². The zero-order valence-corrected chi connectivity index (χ0v) is 19.5. The number of hydrogen-bond donors (Lipinski definition) is 1. The van der Waals surface area contributed by atoms with Gasteiger partial charge in [0.05, 0.1) is 6.26 Å². The van der Waals surface area contributed by atoms with Crippen LogP contribution in [-0.4, -0.2) is 68.5 Å². The van der Waals surface area contributed by atoms with Crippen LogP contribution < -0.4 is 0 Å². The summed E-state index contributed by atoms with van der Waals surface area (Å²) in [5.41, 5.74) is 3.01. The average molecular weight is 453 g/mol. The summed E-state index contributed by atoms with van der Waals surface area (Å²) in [5, 5.41) is 0. The Morgan fingerprint density at radius 2 is 1.72 bits per heavy atom. The van der Waals surface area contributed by atoms with Crippen molar-refractivity contribution in [2.45, 2.75) is 27.1 Å². The van der Waals surface area contributed by atoms with Crippen molar-refractivity contribution in [1.82, 2.24) is 9.80 Å². The number of piperazine rings is 1. The molecule has 1 atom stereocenters. The van der Waals surface area contributed by atoms with Crippen molar-refractivity contribution in [3.8, 4) is 0 Å². The molecule has 29 heavy (non-hydrogen) atoms. The summed E-state index contributed by atoms with van der Waals surface area (Å²) >= 11 is 3.79. The first-order chi connectivity index (χ1) is 13.7. The number of fused-ring (bicyclic) bond motifs is 2. The Morgan fingerprint density at radius 1 is 1.07 bits per heavy atom. The normalized spacial score (nSPS) is 20.1. The Kier molecular flexibility index (Phi) is 7.69. The summed E-state index contributed by atoms with van der Waals surface area (Å²) in [4.78, 5) is 9.37. The Hall–Kier alpha value is -1.03. The van der Waals surface area contributed by atoms with E-state index in [0.717, 1.165) is 19.5 Å². The molecule has 2 aromatic rings. The van der Waals surface area contributed by atoms with Crippen LogP contribution in [0.5, 0.6) is 0 Å². The van der Waals surface area contributed by atoms with Gasteiger partial charge in [-0.05, 0) is 55.1 Å². The summed E-state index contributed by atoms with van der Waals surface area (Å²) in [6.45, 7) is 4.67. The SMILES string of the molecule is CS(=O)(=O)O.CSc1ccc2c(c1)[C@H](N1CCN(C)CC1)Cc1ccccc1S2. The highest BCUT2D eigenvalue weighted by Gasteiger charge is 2.29. The quantitative estimate of drug-likeness (QED) is 0.548. The van der Waals surface area contributed by atoms with Crippen molar-refractivity contribution < 1.29 is 13.0 Å². The van der Waals surface area contributed by atoms with Crippen LogP contribution in [-0.2, 0) is 16.5 Å². The fraction of sp³-hybridized carbons (Fsp3) is 0.429. The van der Waals surface area contributed by atoms with Gasteiger partial charge in [0.1, 0.15) is 0 Å². The molecule has 8 heteroatoms. The van der Waals surface area contributed by atoms with Gasteiger partial charge in [0.15, 0.2) is 0 Å². The van der Waals surface area contributed by atoms with Crippen molar-refractivity contribution in [2.24, 2.45) is 0 Å². The number of hydrogen-bond acceptors (Lipinski definition) is 6.